The summed E-state index contributed by atoms with van der Waals surface area (Å²) in [6, 6.07) is 7.69. The zero-order valence-electron chi connectivity index (χ0n) is 18.7. The molecule has 0 aliphatic carbocycles. The number of ether oxygens (including phenoxy) is 1. The van der Waals surface area contributed by atoms with E-state index < -0.39 is 0 Å². The van der Waals surface area contributed by atoms with Gasteiger partial charge in [0.05, 0.1) is 19.2 Å². The SMILES string of the molecule is CCCCn1c2c(c(=O)n(CCCn3nnc(Cc4ccccc4OC)n3)c1=O)CC(Cl)=N2. The topological polar surface area (TPSA) is 109 Å². The Labute approximate surface area is 195 Å². The van der Waals surface area contributed by atoms with E-state index in [-0.39, 0.29) is 24.2 Å². The molecule has 0 spiro atoms. The number of aliphatic imine (C=N–C) groups is 1. The summed E-state index contributed by atoms with van der Waals surface area (Å²) in [6.45, 7) is 3.22. The third-order valence-corrected chi connectivity index (χ3v) is 5.77. The summed E-state index contributed by atoms with van der Waals surface area (Å²) in [5.74, 6) is 1.75. The van der Waals surface area contributed by atoms with Gasteiger partial charge in [0.1, 0.15) is 16.7 Å². The fourth-order valence-electron chi connectivity index (χ4n) is 3.87. The summed E-state index contributed by atoms with van der Waals surface area (Å²) in [7, 11) is 1.63. The number of hydrogen-bond acceptors (Lipinski definition) is 7. The van der Waals surface area contributed by atoms with Crippen LogP contribution in [0.15, 0.2) is 38.8 Å². The van der Waals surface area contributed by atoms with Gasteiger partial charge in [0.15, 0.2) is 5.82 Å². The van der Waals surface area contributed by atoms with Crippen LogP contribution in [-0.2, 0) is 32.5 Å². The molecule has 4 rings (SSSR count). The highest BCUT2D eigenvalue weighted by Gasteiger charge is 2.24. The van der Waals surface area contributed by atoms with Crippen LogP contribution in [0.2, 0.25) is 0 Å². The molecule has 0 amide bonds. The largest absolute Gasteiger partial charge is 0.496 e. The molecule has 33 heavy (non-hydrogen) atoms. The molecule has 1 aromatic carbocycles. The molecule has 0 N–H and O–H groups in total. The van der Waals surface area contributed by atoms with Crippen molar-refractivity contribution in [3.05, 3.63) is 62.1 Å². The highest BCUT2D eigenvalue weighted by Crippen LogP contribution is 2.24. The Kier molecular flexibility index (Phi) is 7.02. The van der Waals surface area contributed by atoms with Gasteiger partial charge < -0.3 is 4.74 Å². The lowest BCUT2D eigenvalue weighted by Gasteiger charge is -2.13. The normalized spacial score (nSPS) is 12.6. The summed E-state index contributed by atoms with van der Waals surface area (Å²) in [6.07, 6.45) is 3.00. The molecule has 0 fully saturated rings. The molecule has 11 heteroatoms. The van der Waals surface area contributed by atoms with Gasteiger partial charge in [-0.25, -0.2) is 9.79 Å². The minimum Gasteiger partial charge on any atom is -0.496 e. The third kappa shape index (κ3) is 4.90. The summed E-state index contributed by atoms with van der Waals surface area (Å²) < 4.78 is 8.20. The van der Waals surface area contributed by atoms with Gasteiger partial charge in [-0.1, -0.05) is 43.1 Å². The van der Waals surface area contributed by atoms with E-state index in [9.17, 15) is 9.59 Å². The van der Waals surface area contributed by atoms with Gasteiger partial charge >= 0.3 is 5.69 Å². The van der Waals surface area contributed by atoms with Crippen molar-refractivity contribution in [2.45, 2.75) is 58.7 Å². The van der Waals surface area contributed by atoms with Crippen molar-refractivity contribution >= 4 is 22.6 Å². The van der Waals surface area contributed by atoms with E-state index >= 15 is 0 Å². The van der Waals surface area contributed by atoms with Crippen molar-refractivity contribution in [2.75, 3.05) is 7.11 Å². The third-order valence-electron chi connectivity index (χ3n) is 5.55. The van der Waals surface area contributed by atoms with Crippen LogP contribution >= 0.6 is 11.6 Å². The summed E-state index contributed by atoms with van der Waals surface area (Å²) in [5.41, 5.74) is 0.766. The van der Waals surface area contributed by atoms with E-state index in [1.807, 2.05) is 31.2 Å². The second-order valence-electron chi connectivity index (χ2n) is 7.86. The van der Waals surface area contributed by atoms with Gasteiger partial charge in [-0.2, -0.15) is 4.80 Å². The second kappa shape index (κ2) is 10.1. The first-order chi connectivity index (χ1) is 16.0. The first-order valence-corrected chi connectivity index (χ1v) is 11.4. The number of hydrogen-bond donors (Lipinski definition) is 0. The average molecular weight is 472 g/mol. The molecule has 1 aliphatic heterocycles. The van der Waals surface area contributed by atoms with Gasteiger partial charge in [-0.15, -0.1) is 10.2 Å². The van der Waals surface area contributed by atoms with E-state index in [1.54, 1.807) is 11.7 Å². The number of benzene rings is 1. The smallest absolute Gasteiger partial charge is 0.332 e. The number of aryl methyl sites for hydroxylation is 1. The average Bonchev–Trinajstić information content (AvgIpc) is 3.42. The van der Waals surface area contributed by atoms with Crippen LogP contribution in [0, 0.1) is 0 Å². The predicted octanol–water partition coefficient (Wildman–Crippen LogP) is 2.31. The maximum absolute atomic E-state index is 13.0. The van der Waals surface area contributed by atoms with E-state index in [4.69, 9.17) is 16.3 Å². The molecule has 1 aliphatic rings. The molecule has 0 saturated heterocycles. The number of fused-ring (bicyclic) bond motifs is 1. The Morgan fingerprint density at radius 3 is 2.67 bits per heavy atom. The maximum atomic E-state index is 13.0. The Morgan fingerprint density at radius 1 is 1.09 bits per heavy atom. The fourth-order valence-corrected chi connectivity index (χ4v) is 4.09. The molecule has 0 atom stereocenters. The van der Waals surface area contributed by atoms with Crippen molar-refractivity contribution < 1.29 is 4.74 Å². The summed E-state index contributed by atoms with van der Waals surface area (Å²) in [4.78, 5) is 31.7. The zero-order valence-corrected chi connectivity index (χ0v) is 19.5. The lowest BCUT2D eigenvalue weighted by molar-refractivity contribution is 0.410. The Balaban J connectivity index is 1.46. The Morgan fingerprint density at radius 2 is 1.88 bits per heavy atom. The highest BCUT2D eigenvalue weighted by atomic mass is 35.5. The Hall–Kier alpha value is -3.27. The van der Waals surface area contributed by atoms with Crippen LogP contribution in [0.5, 0.6) is 5.75 Å². The maximum Gasteiger partial charge on any atom is 0.332 e. The molecule has 10 nitrogen and oxygen atoms in total. The first-order valence-electron chi connectivity index (χ1n) is 11.0. The molecular formula is C22H26ClN7O3. The van der Waals surface area contributed by atoms with Crippen molar-refractivity contribution in [2.24, 2.45) is 4.99 Å². The lowest BCUT2D eigenvalue weighted by atomic mass is 10.1. The molecule has 0 unspecified atom stereocenters. The van der Waals surface area contributed by atoms with Crippen molar-refractivity contribution in [1.82, 2.24) is 29.3 Å². The summed E-state index contributed by atoms with van der Waals surface area (Å²) in [5, 5.41) is 13.0. The highest BCUT2D eigenvalue weighted by molar-refractivity contribution is 6.66. The summed E-state index contributed by atoms with van der Waals surface area (Å²) >= 11 is 6.08. The monoisotopic (exact) mass is 471 g/mol. The molecule has 2 aromatic heterocycles. The number of para-hydroxylation sites is 1. The van der Waals surface area contributed by atoms with Gasteiger partial charge in [-0.05, 0) is 24.1 Å². The molecule has 3 heterocycles. The number of nitrogens with zero attached hydrogens (tertiary/aromatic N) is 7. The van der Waals surface area contributed by atoms with Gasteiger partial charge in [-0.3, -0.25) is 13.9 Å². The van der Waals surface area contributed by atoms with Crippen LogP contribution in [-0.4, -0.2) is 41.6 Å². The number of methoxy groups -OCH3 is 1. The first kappa shape index (κ1) is 22.9. The van der Waals surface area contributed by atoms with Crippen molar-refractivity contribution in [3.63, 3.8) is 0 Å². The van der Waals surface area contributed by atoms with Crippen LogP contribution in [0.1, 0.15) is 43.1 Å². The van der Waals surface area contributed by atoms with E-state index in [0.29, 0.717) is 48.3 Å². The lowest BCUT2D eigenvalue weighted by Crippen LogP contribution is -2.41. The standard InChI is InChI=1S/C22H26ClN7O3/c1-3-4-10-28-20-16(14-18(23)24-20)21(31)29(22(28)32)11-7-12-30-26-19(25-27-30)13-15-8-5-6-9-17(15)33-2/h5-6,8-9H,3-4,7,10-14H2,1-2H3. The second-order valence-corrected chi connectivity index (χ2v) is 8.29. The fraction of sp³-hybridized carbons (Fsp3) is 0.455. The van der Waals surface area contributed by atoms with Crippen LogP contribution in [0.4, 0.5) is 5.82 Å². The number of halogens is 1. The molecule has 0 saturated carbocycles. The quantitative estimate of drug-likeness (QED) is 0.449. The van der Waals surface area contributed by atoms with Crippen LogP contribution in [0.25, 0.3) is 0 Å². The molecule has 174 valence electrons. The zero-order chi connectivity index (χ0) is 23.4. The number of rotatable bonds is 10. The number of unbranched alkanes of at least 4 members (excludes halogenated alkanes) is 1. The predicted molar refractivity (Wildman–Crippen MR) is 125 cm³/mol. The van der Waals surface area contributed by atoms with Gasteiger partial charge in [0, 0.05) is 31.5 Å². The molecular weight excluding hydrogens is 446 g/mol. The minimum absolute atomic E-state index is 0.248. The minimum atomic E-state index is -0.356. The van der Waals surface area contributed by atoms with Gasteiger partial charge in [0.25, 0.3) is 5.56 Å². The Bertz CT molecular complexity index is 1290. The van der Waals surface area contributed by atoms with Gasteiger partial charge in [0.2, 0.25) is 0 Å². The van der Waals surface area contributed by atoms with E-state index in [0.717, 1.165) is 24.2 Å². The van der Waals surface area contributed by atoms with Crippen LogP contribution in [0.3, 0.4) is 0 Å². The number of aromatic nitrogens is 6. The number of tetrazole rings is 1. The van der Waals surface area contributed by atoms with E-state index in [2.05, 4.69) is 20.4 Å². The van der Waals surface area contributed by atoms with E-state index in [1.165, 1.54) is 9.36 Å². The molecule has 3 aromatic rings. The van der Waals surface area contributed by atoms with Crippen molar-refractivity contribution in [1.29, 1.82) is 0 Å². The molecule has 0 radical (unpaired) electrons. The molecule has 0 bridgehead atoms. The van der Waals surface area contributed by atoms with Crippen molar-refractivity contribution in [3.8, 4) is 5.75 Å². The van der Waals surface area contributed by atoms with Crippen LogP contribution < -0.4 is 16.0 Å².